The zero-order valence-corrected chi connectivity index (χ0v) is 24.7. The number of amides is 2. The minimum atomic E-state index is -1.26. The molecule has 3 heterocycles. The Hall–Kier alpha value is -2.23. The number of ether oxygens (including phenoxy) is 1. The number of nitrogens with one attached hydrogen (secondary N) is 3. The summed E-state index contributed by atoms with van der Waals surface area (Å²) in [4.78, 5) is 30.3. The smallest absolute Gasteiger partial charge is 0.237 e. The van der Waals surface area contributed by atoms with Gasteiger partial charge in [-0.15, -0.1) is 0 Å². The lowest BCUT2D eigenvalue weighted by atomic mass is 9.62. The van der Waals surface area contributed by atoms with Crippen molar-refractivity contribution in [3.05, 3.63) is 63.4 Å². The van der Waals surface area contributed by atoms with Crippen LogP contribution in [0.3, 0.4) is 0 Å². The number of carbonyl (C=O) groups excluding carboxylic acids is 2. The maximum Gasteiger partial charge on any atom is 0.237 e. The van der Waals surface area contributed by atoms with Crippen molar-refractivity contribution in [2.75, 3.05) is 44.7 Å². The van der Waals surface area contributed by atoms with E-state index in [0.717, 1.165) is 39.3 Å². The van der Waals surface area contributed by atoms with Gasteiger partial charge in [-0.1, -0.05) is 62.2 Å². The molecule has 3 N–H and O–H groups in total. The lowest BCUT2D eigenvalue weighted by molar-refractivity contribution is -0.123. The third-order valence-corrected chi connectivity index (χ3v) is 8.80. The second-order valence-electron chi connectivity index (χ2n) is 12.2. The average molecular weight is 592 g/mol. The number of halogens is 3. The van der Waals surface area contributed by atoms with Crippen molar-refractivity contribution in [2.45, 2.75) is 57.0 Å². The Kier molecular flexibility index (Phi) is 8.47. The third kappa shape index (κ3) is 5.49. The fraction of sp³-hybridized carbons (Fsp3) is 0.533. The highest BCUT2D eigenvalue weighted by atomic mass is 35.5. The number of hydrogen-bond donors (Lipinski definition) is 3. The number of rotatable bonds is 7. The molecule has 10 heteroatoms. The predicted octanol–water partition coefficient (Wildman–Crippen LogP) is 4.72. The number of nitrogens with zero attached hydrogens (tertiary/aromatic N) is 1. The van der Waals surface area contributed by atoms with Gasteiger partial charge in [-0.25, -0.2) is 4.39 Å². The molecule has 2 fully saturated rings. The predicted molar refractivity (Wildman–Crippen MR) is 156 cm³/mol. The van der Waals surface area contributed by atoms with Crippen LogP contribution in [0, 0.1) is 11.2 Å². The normalized spacial score (nSPS) is 26.6. The Bertz CT molecular complexity index is 1280. The molecule has 2 amide bonds. The molecule has 4 unspecified atom stereocenters. The Balaban J connectivity index is 1.54. The van der Waals surface area contributed by atoms with E-state index in [1.165, 1.54) is 6.07 Å². The molecule has 0 saturated carbocycles. The SMILES string of the molecule is CC(C)(C)CC1NC(C(=O)NCCCN2CCOCC2)C(c2cccc(Cl)c2F)C12C(=O)Nc1cc(Cl)ccc12. The summed E-state index contributed by atoms with van der Waals surface area (Å²) in [7, 11) is 0. The van der Waals surface area contributed by atoms with Gasteiger partial charge < -0.3 is 20.7 Å². The van der Waals surface area contributed by atoms with E-state index in [9.17, 15) is 9.59 Å². The molecular formula is C30H37Cl2FN4O3. The van der Waals surface area contributed by atoms with E-state index in [1.807, 2.05) is 6.07 Å². The van der Waals surface area contributed by atoms with Gasteiger partial charge in [-0.3, -0.25) is 14.5 Å². The number of anilines is 1. The zero-order chi connectivity index (χ0) is 28.7. The van der Waals surface area contributed by atoms with E-state index in [2.05, 4.69) is 41.6 Å². The van der Waals surface area contributed by atoms with Gasteiger partial charge in [0.2, 0.25) is 11.8 Å². The van der Waals surface area contributed by atoms with Gasteiger partial charge in [0.15, 0.2) is 0 Å². The number of benzene rings is 2. The first-order chi connectivity index (χ1) is 19.0. The molecule has 216 valence electrons. The molecule has 4 atom stereocenters. The van der Waals surface area contributed by atoms with Gasteiger partial charge in [0.05, 0.1) is 24.3 Å². The van der Waals surface area contributed by atoms with E-state index in [1.54, 1.807) is 24.3 Å². The number of carbonyl (C=O) groups is 2. The van der Waals surface area contributed by atoms with Gasteiger partial charge in [-0.2, -0.15) is 0 Å². The van der Waals surface area contributed by atoms with E-state index in [-0.39, 0.29) is 27.8 Å². The molecule has 7 nitrogen and oxygen atoms in total. The lowest BCUT2D eigenvalue weighted by Gasteiger charge is -2.37. The average Bonchev–Trinajstić information content (AvgIpc) is 3.37. The van der Waals surface area contributed by atoms with Crippen LogP contribution in [0.2, 0.25) is 10.0 Å². The molecule has 0 radical (unpaired) electrons. The first-order valence-electron chi connectivity index (χ1n) is 13.9. The van der Waals surface area contributed by atoms with Gasteiger partial charge >= 0.3 is 0 Å². The summed E-state index contributed by atoms with van der Waals surface area (Å²) in [5.41, 5.74) is 0.0750. The zero-order valence-electron chi connectivity index (χ0n) is 23.2. The van der Waals surface area contributed by atoms with Crippen molar-refractivity contribution in [1.82, 2.24) is 15.5 Å². The van der Waals surface area contributed by atoms with Crippen LogP contribution in [0.15, 0.2) is 36.4 Å². The van der Waals surface area contributed by atoms with E-state index in [0.29, 0.717) is 29.2 Å². The van der Waals surface area contributed by atoms with Crippen LogP contribution in [0.25, 0.3) is 0 Å². The summed E-state index contributed by atoms with van der Waals surface area (Å²) in [6.45, 7) is 10.8. The van der Waals surface area contributed by atoms with Gasteiger partial charge in [0.1, 0.15) is 11.2 Å². The van der Waals surface area contributed by atoms with Crippen molar-refractivity contribution in [1.29, 1.82) is 0 Å². The Morgan fingerprint density at radius 2 is 1.95 bits per heavy atom. The van der Waals surface area contributed by atoms with Crippen LogP contribution in [-0.2, 0) is 19.7 Å². The van der Waals surface area contributed by atoms with Crippen molar-refractivity contribution in [3.8, 4) is 0 Å². The molecule has 5 rings (SSSR count). The lowest BCUT2D eigenvalue weighted by Crippen LogP contribution is -2.49. The number of morpholine rings is 1. The summed E-state index contributed by atoms with van der Waals surface area (Å²) in [5, 5.41) is 10.0. The largest absolute Gasteiger partial charge is 0.379 e. The first-order valence-corrected chi connectivity index (χ1v) is 14.7. The quantitative estimate of drug-likeness (QED) is 0.406. The molecule has 0 aromatic heterocycles. The third-order valence-electron chi connectivity index (χ3n) is 8.28. The van der Waals surface area contributed by atoms with Crippen molar-refractivity contribution < 1.29 is 18.7 Å². The minimum absolute atomic E-state index is 0.0497. The van der Waals surface area contributed by atoms with Crippen LogP contribution in [-0.4, -0.2) is 68.2 Å². The van der Waals surface area contributed by atoms with E-state index in [4.69, 9.17) is 27.9 Å². The second-order valence-corrected chi connectivity index (χ2v) is 13.0. The van der Waals surface area contributed by atoms with Gasteiger partial charge in [-0.05, 0) is 54.1 Å². The summed E-state index contributed by atoms with van der Waals surface area (Å²) in [5.74, 6) is -2.01. The minimum Gasteiger partial charge on any atom is -0.379 e. The Morgan fingerprint density at radius 1 is 1.20 bits per heavy atom. The van der Waals surface area contributed by atoms with Crippen LogP contribution < -0.4 is 16.0 Å². The second kappa shape index (κ2) is 11.6. The van der Waals surface area contributed by atoms with Crippen LogP contribution in [0.5, 0.6) is 0 Å². The summed E-state index contributed by atoms with van der Waals surface area (Å²) in [6, 6.07) is 8.73. The highest BCUT2D eigenvalue weighted by Crippen LogP contribution is 2.57. The molecule has 1 spiro atoms. The number of fused-ring (bicyclic) bond motifs is 2. The van der Waals surface area contributed by atoms with Crippen LogP contribution in [0.4, 0.5) is 10.1 Å². The highest BCUT2D eigenvalue weighted by Gasteiger charge is 2.66. The van der Waals surface area contributed by atoms with Crippen LogP contribution in [0.1, 0.15) is 50.7 Å². The molecular weight excluding hydrogens is 554 g/mol. The fourth-order valence-corrected chi connectivity index (χ4v) is 6.96. The molecule has 3 aliphatic heterocycles. The van der Waals surface area contributed by atoms with Crippen LogP contribution >= 0.6 is 23.2 Å². The molecule has 40 heavy (non-hydrogen) atoms. The van der Waals surface area contributed by atoms with Crippen molar-refractivity contribution >= 4 is 40.7 Å². The molecule has 2 aromatic rings. The first kappa shape index (κ1) is 29.3. The number of hydrogen-bond acceptors (Lipinski definition) is 5. The monoisotopic (exact) mass is 590 g/mol. The topological polar surface area (TPSA) is 82.7 Å². The fourth-order valence-electron chi connectivity index (χ4n) is 6.60. The van der Waals surface area contributed by atoms with Crippen molar-refractivity contribution in [3.63, 3.8) is 0 Å². The summed E-state index contributed by atoms with van der Waals surface area (Å²) < 4.78 is 21.2. The molecule has 2 aromatic carbocycles. The van der Waals surface area contributed by atoms with Gasteiger partial charge in [0, 0.05) is 42.3 Å². The van der Waals surface area contributed by atoms with Gasteiger partial charge in [0.25, 0.3) is 0 Å². The molecule has 3 aliphatic rings. The Morgan fingerprint density at radius 3 is 2.67 bits per heavy atom. The molecule has 0 aliphatic carbocycles. The van der Waals surface area contributed by atoms with E-state index < -0.39 is 29.2 Å². The summed E-state index contributed by atoms with van der Waals surface area (Å²) in [6.07, 6.45) is 1.34. The summed E-state index contributed by atoms with van der Waals surface area (Å²) >= 11 is 12.6. The molecule has 0 bridgehead atoms. The van der Waals surface area contributed by atoms with E-state index >= 15 is 4.39 Å². The molecule has 2 saturated heterocycles. The Labute approximate surface area is 245 Å². The highest BCUT2D eigenvalue weighted by molar-refractivity contribution is 6.31. The maximum atomic E-state index is 15.8. The standard InChI is InChI=1S/C30H37Cl2FN4O3/c1-29(2,3)17-23-30(20-9-8-18(31)16-22(20)35-28(30)39)24(19-6-4-7-21(32)25(19)33)26(36-23)27(38)34-10-5-11-37-12-14-40-15-13-37/h4,6-9,16,23-24,26,36H,5,10-15,17H2,1-3H3,(H,34,38)(H,35,39). The maximum absolute atomic E-state index is 15.8. The van der Waals surface area contributed by atoms with Crippen molar-refractivity contribution in [2.24, 2.45) is 5.41 Å².